The summed E-state index contributed by atoms with van der Waals surface area (Å²) >= 11 is 5.95. The Hall–Kier alpha value is -1.68. The highest BCUT2D eigenvalue weighted by atomic mass is 127. The minimum Gasteiger partial charge on any atom is -0.434 e. The van der Waals surface area contributed by atoms with Crippen LogP contribution >= 0.6 is 35.6 Å². The lowest BCUT2D eigenvalue weighted by Crippen LogP contribution is -2.38. The van der Waals surface area contributed by atoms with Gasteiger partial charge in [0, 0.05) is 43.1 Å². The standard InChI is InChI=1S/C18H21ClF2N4O.HI/c1-12-10-23-7-5-13(12)6-8-24-18(22-2)25-11-14-9-15(19)3-4-16(14)26-17(20)21;/h3-5,7,9-10,17H,6,8,11H2,1-2H3,(H2,22,24,25);1H. The molecule has 0 aliphatic heterocycles. The molecule has 0 amide bonds. The van der Waals surface area contributed by atoms with E-state index < -0.39 is 6.61 Å². The van der Waals surface area contributed by atoms with E-state index in [0.717, 1.165) is 12.0 Å². The van der Waals surface area contributed by atoms with Crippen molar-refractivity contribution in [1.82, 2.24) is 15.6 Å². The summed E-state index contributed by atoms with van der Waals surface area (Å²) in [6.45, 7) is 0.0341. The molecule has 0 fully saturated rings. The second-order valence-corrected chi connectivity index (χ2v) is 5.97. The Morgan fingerprint density at radius 1 is 1.26 bits per heavy atom. The number of nitrogens with zero attached hydrogens (tertiary/aromatic N) is 2. The van der Waals surface area contributed by atoms with E-state index in [4.69, 9.17) is 11.6 Å². The van der Waals surface area contributed by atoms with Crippen LogP contribution in [0.25, 0.3) is 0 Å². The Morgan fingerprint density at radius 2 is 2.04 bits per heavy atom. The molecule has 1 aromatic heterocycles. The Morgan fingerprint density at radius 3 is 2.70 bits per heavy atom. The summed E-state index contributed by atoms with van der Waals surface area (Å²) in [4.78, 5) is 8.20. The van der Waals surface area contributed by atoms with E-state index in [1.165, 1.54) is 17.7 Å². The topological polar surface area (TPSA) is 58.5 Å². The van der Waals surface area contributed by atoms with Crippen molar-refractivity contribution in [2.45, 2.75) is 26.5 Å². The first-order valence-electron chi connectivity index (χ1n) is 8.07. The molecule has 9 heteroatoms. The van der Waals surface area contributed by atoms with Gasteiger partial charge in [-0.15, -0.1) is 24.0 Å². The third-order valence-corrected chi connectivity index (χ3v) is 3.97. The van der Waals surface area contributed by atoms with Crippen molar-refractivity contribution in [1.29, 1.82) is 0 Å². The van der Waals surface area contributed by atoms with E-state index >= 15 is 0 Å². The second-order valence-electron chi connectivity index (χ2n) is 5.54. The molecule has 0 spiro atoms. The summed E-state index contributed by atoms with van der Waals surface area (Å²) in [7, 11) is 1.64. The number of ether oxygens (including phenoxy) is 1. The van der Waals surface area contributed by atoms with Gasteiger partial charge in [-0.05, 0) is 48.7 Å². The summed E-state index contributed by atoms with van der Waals surface area (Å²) < 4.78 is 29.5. The van der Waals surface area contributed by atoms with Crippen LogP contribution in [0.4, 0.5) is 8.78 Å². The van der Waals surface area contributed by atoms with Crippen molar-refractivity contribution in [3.8, 4) is 5.75 Å². The van der Waals surface area contributed by atoms with Crippen molar-refractivity contribution in [3.63, 3.8) is 0 Å². The van der Waals surface area contributed by atoms with E-state index in [1.54, 1.807) is 19.3 Å². The van der Waals surface area contributed by atoms with Gasteiger partial charge < -0.3 is 15.4 Å². The third kappa shape index (κ3) is 7.84. The first-order chi connectivity index (χ1) is 12.5. The molecule has 0 unspecified atom stereocenters. The highest BCUT2D eigenvalue weighted by Crippen LogP contribution is 2.24. The van der Waals surface area contributed by atoms with E-state index in [1.807, 2.05) is 19.2 Å². The van der Waals surface area contributed by atoms with Crippen LogP contribution in [0.15, 0.2) is 41.7 Å². The average Bonchev–Trinajstić information content (AvgIpc) is 2.61. The zero-order valence-corrected chi connectivity index (χ0v) is 18.1. The van der Waals surface area contributed by atoms with Gasteiger partial charge in [-0.3, -0.25) is 9.98 Å². The van der Waals surface area contributed by atoms with Crippen LogP contribution in [-0.4, -0.2) is 31.1 Å². The fourth-order valence-corrected chi connectivity index (χ4v) is 2.59. The zero-order chi connectivity index (χ0) is 18.9. The average molecular weight is 511 g/mol. The normalized spacial score (nSPS) is 11.1. The quantitative estimate of drug-likeness (QED) is 0.334. The molecule has 0 aliphatic carbocycles. The number of aromatic nitrogens is 1. The molecule has 148 valence electrons. The Balaban J connectivity index is 0.00000364. The number of benzene rings is 1. The van der Waals surface area contributed by atoms with Crippen LogP contribution in [0.5, 0.6) is 5.75 Å². The highest BCUT2D eigenvalue weighted by Gasteiger charge is 2.11. The highest BCUT2D eigenvalue weighted by molar-refractivity contribution is 14.0. The molecule has 0 aliphatic rings. The van der Waals surface area contributed by atoms with Crippen LogP contribution in [0.2, 0.25) is 5.02 Å². The summed E-state index contributed by atoms with van der Waals surface area (Å²) in [6.07, 6.45) is 4.40. The fourth-order valence-electron chi connectivity index (χ4n) is 2.39. The molecule has 1 heterocycles. The number of hydrogen-bond donors (Lipinski definition) is 2. The lowest BCUT2D eigenvalue weighted by molar-refractivity contribution is -0.0504. The molecule has 0 bridgehead atoms. The largest absolute Gasteiger partial charge is 0.434 e. The molecule has 27 heavy (non-hydrogen) atoms. The number of alkyl halides is 2. The van der Waals surface area contributed by atoms with Crippen molar-refractivity contribution in [2.75, 3.05) is 13.6 Å². The molecule has 0 saturated carbocycles. The van der Waals surface area contributed by atoms with Gasteiger partial charge in [0.15, 0.2) is 5.96 Å². The number of pyridine rings is 1. The van der Waals surface area contributed by atoms with Crippen LogP contribution in [-0.2, 0) is 13.0 Å². The van der Waals surface area contributed by atoms with Crippen molar-refractivity contribution in [3.05, 3.63) is 58.4 Å². The van der Waals surface area contributed by atoms with E-state index in [2.05, 4.69) is 25.3 Å². The smallest absolute Gasteiger partial charge is 0.387 e. The van der Waals surface area contributed by atoms with Crippen LogP contribution in [0.3, 0.4) is 0 Å². The maximum Gasteiger partial charge on any atom is 0.387 e. The van der Waals surface area contributed by atoms with Crippen molar-refractivity contribution < 1.29 is 13.5 Å². The van der Waals surface area contributed by atoms with Gasteiger partial charge in [-0.1, -0.05) is 11.6 Å². The summed E-state index contributed by atoms with van der Waals surface area (Å²) in [5.41, 5.74) is 2.85. The zero-order valence-electron chi connectivity index (χ0n) is 15.0. The molecule has 0 saturated heterocycles. The number of aryl methyl sites for hydroxylation is 1. The fraction of sp³-hybridized carbons (Fsp3) is 0.333. The first-order valence-corrected chi connectivity index (χ1v) is 8.44. The summed E-state index contributed by atoms with van der Waals surface area (Å²) in [6, 6.07) is 6.49. The molecular weight excluding hydrogens is 489 g/mol. The van der Waals surface area contributed by atoms with Gasteiger partial charge in [0.1, 0.15) is 5.75 Å². The minimum absolute atomic E-state index is 0. The van der Waals surface area contributed by atoms with Crippen LogP contribution in [0, 0.1) is 6.92 Å². The number of nitrogens with one attached hydrogen (secondary N) is 2. The number of hydrogen-bond acceptors (Lipinski definition) is 3. The van der Waals surface area contributed by atoms with Gasteiger partial charge in [-0.2, -0.15) is 8.78 Å². The molecule has 2 N–H and O–H groups in total. The molecule has 1 aromatic carbocycles. The molecular formula is C18H22ClF2IN4O. The first kappa shape index (κ1) is 23.4. The van der Waals surface area contributed by atoms with Gasteiger partial charge in [-0.25, -0.2) is 0 Å². The lowest BCUT2D eigenvalue weighted by atomic mass is 10.1. The Bertz CT molecular complexity index is 762. The van der Waals surface area contributed by atoms with Gasteiger partial charge >= 0.3 is 6.61 Å². The monoisotopic (exact) mass is 510 g/mol. The predicted octanol–water partition coefficient (Wildman–Crippen LogP) is 4.17. The Labute approximate surface area is 179 Å². The van der Waals surface area contributed by atoms with E-state index in [9.17, 15) is 8.78 Å². The van der Waals surface area contributed by atoms with E-state index in [-0.39, 0.29) is 36.3 Å². The number of aliphatic imine (C=N–C) groups is 1. The SMILES string of the molecule is CN=C(NCCc1ccncc1C)NCc1cc(Cl)ccc1OC(F)F.I. The minimum atomic E-state index is -2.89. The maximum atomic E-state index is 12.5. The lowest BCUT2D eigenvalue weighted by Gasteiger charge is -2.15. The molecule has 2 aromatic rings. The second kappa shape index (κ2) is 11.9. The van der Waals surface area contributed by atoms with E-state index in [0.29, 0.717) is 23.1 Å². The summed E-state index contributed by atoms with van der Waals surface area (Å²) in [5.74, 6) is 0.638. The summed E-state index contributed by atoms with van der Waals surface area (Å²) in [5, 5.41) is 6.70. The Kier molecular flexibility index (Phi) is 10.3. The van der Waals surface area contributed by atoms with Crippen molar-refractivity contribution in [2.24, 2.45) is 4.99 Å². The van der Waals surface area contributed by atoms with Crippen LogP contribution < -0.4 is 15.4 Å². The van der Waals surface area contributed by atoms with Gasteiger partial charge in [0.05, 0.1) is 0 Å². The molecule has 5 nitrogen and oxygen atoms in total. The number of guanidine groups is 1. The molecule has 2 rings (SSSR count). The molecule has 0 radical (unpaired) electrons. The van der Waals surface area contributed by atoms with Gasteiger partial charge in [0.25, 0.3) is 0 Å². The van der Waals surface area contributed by atoms with Crippen molar-refractivity contribution >= 4 is 41.5 Å². The van der Waals surface area contributed by atoms with Crippen LogP contribution in [0.1, 0.15) is 16.7 Å². The predicted molar refractivity (Wildman–Crippen MR) is 114 cm³/mol. The maximum absolute atomic E-state index is 12.5. The third-order valence-electron chi connectivity index (χ3n) is 3.73. The number of rotatable bonds is 7. The van der Waals surface area contributed by atoms with Gasteiger partial charge in [0.2, 0.25) is 0 Å². The molecule has 0 atom stereocenters. The number of halogens is 4.